The lowest BCUT2D eigenvalue weighted by atomic mass is 10.2. The Hall–Kier alpha value is -2.84. The molecule has 1 fully saturated rings. The minimum absolute atomic E-state index is 0.0225. The molecule has 0 unspecified atom stereocenters. The van der Waals surface area contributed by atoms with E-state index in [4.69, 9.17) is 9.47 Å². The van der Waals surface area contributed by atoms with E-state index in [1.54, 1.807) is 25.1 Å². The van der Waals surface area contributed by atoms with E-state index < -0.39 is 6.61 Å². The molecule has 1 aliphatic carbocycles. The predicted molar refractivity (Wildman–Crippen MR) is 116 cm³/mol. The van der Waals surface area contributed by atoms with Gasteiger partial charge >= 0.3 is 6.61 Å². The predicted octanol–water partition coefficient (Wildman–Crippen LogP) is 4.25. The molecule has 0 spiro atoms. The van der Waals surface area contributed by atoms with Gasteiger partial charge in [0.15, 0.2) is 17.5 Å². The van der Waals surface area contributed by atoms with Crippen LogP contribution in [0.3, 0.4) is 0 Å². The van der Waals surface area contributed by atoms with E-state index in [1.165, 1.54) is 25.7 Å². The third-order valence-corrected chi connectivity index (χ3v) is 5.12. The first-order chi connectivity index (χ1) is 15.1. The monoisotopic (exact) mass is 435 g/mol. The average molecular weight is 436 g/mol. The number of halogens is 2. The van der Waals surface area contributed by atoms with Crippen molar-refractivity contribution in [3.05, 3.63) is 41.7 Å². The molecule has 2 aromatic rings. The number of hydrogen-bond donors (Lipinski definition) is 2. The SMILES string of the molecule is CCNC(=NCc1cccc(OCC)c1OC(F)F)NCc1ccn(C2CCCC2)n1. The zero-order valence-electron chi connectivity index (χ0n) is 18.1. The molecule has 2 N–H and O–H groups in total. The Morgan fingerprint density at radius 1 is 1.23 bits per heavy atom. The van der Waals surface area contributed by atoms with E-state index in [2.05, 4.69) is 25.4 Å². The maximum atomic E-state index is 12.9. The highest BCUT2D eigenvalue weighted by Gasteiger charge is 2.18. The number of nitrogens with zero attached hydrogens (tertiary/aromatic N) is 3. The number of benzene rings is 1. The fourth-order valence-electron chi connectivity index (χ4n) is 3.70. The van der Waals surface area contributed by atoms with Crippen molar-refractivity contribution in [3.8, 4) is 11.5 Å². The molecule has 1 heterocycles. The van der Waals surface area contributed by atoms with E-state index >= 15 is 0 Å². The number of aromatic nitrogens is 2. The molecule has 0 aliphatic heterocycles. The molecule has 7 nitrogen and oxygen atoms in total. The van der Waals surface area contributed by atoms with Gasteiger partial charge in [0.25, 0.3) is 0 Å². The normalized spacial score (nSPS) is 14.8. The van der Waals surface area contributed by atoms with Crippen LogP contribution in [0.2, 0.25) is 0 Å². The molecule has 170 valence electrons. The number of guanidine groups is 1. The summed E-state index contributed by atoms with van der Waals surface area (Å²) in [5, 5.41) is 11.1. The first kappa shape index (κ1) is 22.8. The van der Waals surface area contributed by atoms with Crippen molar-refractivity contribution in [1.82, 2.24) is 20.4 Å². The van der Waals surface area contributed by atoms with E-state index in [0.717, 1.165) is 5.69 Å². The van der Waals surface area contributed by atoms with Crippen LogP contribution in [0.25, 0.3) is 0 Å². The van der Waals surface area contributed by atoms with E-state index in [1.807, 2.05) is 19.2 Å². The Morgan fingerprint density at radius 2 is 2.03 bits per heavy atom. The zero-order valence-corrected chi connectivity index (χ0v) is 18.1. The Bertz CT molecular complexity index is 850. The van der Waals surface area contributed by atoms with Crippen LogP contribution in [0, 0.1) is 0 Å². The summed E-state index contributed by atoms with van der Waals surface area (Å²) >= 11 is 0. The van der Waals surface area contributed by atoms with E-state index in [0.29, 0.717) is 37.3 Å². The van der Waals surface area contributed by atoms with Crippen LogP contribution in [0.4, 0.5) is 8.78 Å². The van der Waals surface area contributed by atoms with Crippen molar-refractivity contribution in [1.29, 1.82) is 0 Å². The topological polar surface area (TPSA) is 72.7 Å². The van der Waals surface area contributed by atoms with Gasteiger partial charge in [0, 0.05) is 18.3 Å². The molecule has 1 aromatic carbocycles. The molecule has 0 atom stereocenters. The number of nitrogens with one attached hydrogen (secondary N) is 2. The lowest BCUT2D eigenvalue weighted by Gasteiger charge is -2.15. The minimum atomic E-state index is -2.94. The average Bonchev–Trinajstić information content (AvgIpc) is 3.43. The molecule has 3 rings (SSSR count). The molecule has 0 saturated heterocycles. The Kier molecular flexibility index (Phi) is 8.49. The number of rotatable bonds is 10. The van der Waals surface area contributed by atoms with Gasteiger partial charge < -0.3 is 20.1 Å². The Morgan fingerprint density at radius 3 is 2.74 bits per heavy atom. The van der Waals surface area contributed by atoms with Crippen LogP contribution in [-0.2, 0) is 13.1 Å². The highest BCUT2D eigenvalue weighted by molar-refractivity contribution is 5.79. The van der Waals surface area contributed by atoms with Crippen molar-refractivity contribution in [2.45, 2.75) is 65.3 Å². The van der Waals surface area contributed by atoms with Gasteiger partial charge in [-0.05, 0) is 38.8 Å². The summed E-state index contributed by atoms with van der Waals surface area (Å²) in [6, 6.07) is 7.57. The fourth-order valence-corrected chi connectivity index (χ4v) is 3.70. The second-order valence-corrected chi connectivity index (χ2v) is 7.33. The minimum Gasteiger partial charge on any atom is -0.490 e. The maximum absolute atomic E-state index is 12.9. The van der Waals surface area contributed by atoms with Gasteiger partial charge in [-0.1, -0.05) is 25.0 Å². The molecule has 0 bridgehead atoms. The van der Waals surface area contributed by atoms with Gasteiger partial charge in [0.1, 0.15) is 0 Å². The zero-order chi connectivity index (χ0) is 22.1. The standard InChI is InChI=1S/C22H31F2N5O2/c1-3-25-22(27-15-17-12-13-29(28-17)18-9-5-6-10-18)26-14-16-8-7-11-19(30-4-2)20(16)31-21(23)24/h7-8,11-13,18,21H,3-6,9-10,14-15H2,1-2H3,(H2,25,26,27). The summed E-state index contributed by atoms with van der Waals surface area (Å²) in [5.41, 5.74) is 1.45. The fraction of sp³-hybridized carbons (Fsp3) is 0.545. The van der Waals surface area contributed by atoms with Crippen molar-refractivity contribution in [2.24, 2.45) is 4.99 Å². The summed E-state index contributed by atoms with van der Waals surface area (Å²) in [5.74, 6) is 0.878. The van der Waals surface area contributed by atoms with Gasteiger partial charge in [0.05, 0.1) is 31.4 Å². The molecular formula is C22H31F2N5O2. The lowest BCUT2D eigenvalue weighted by Crippen LogP contribution is -2.37. The summed E-state index contributed by atoms with van der Waals surface area (Å²) in [6.45, 7) is 2.52. The van der Waals surface area contributed by atoms with Gasteiger partial charge in [0.2, 0.25) is 0 Å². The first-order valence-electron chi connectivity index (χ1n) is 10.9. The molecule has 9 heteroatoms. The van der Waals surface area contributed by atoms with Crippen LogP contribution in [0.1, 0.15) is 56.8 Å². The quantitative estimate of drug-likeness (QED) is 0.431. The molecule has 1 aromatic heterocycles. The highest BCUT2D eigenvalue weighted by atomic mass is 19.3. The smallest absolute Gasteiger partial charge is 0.387 e. The molecular weight excluding hydrogens is 404 g/mol. The van der Waals surface area contributed by atoms with E-state index in [-0.39, 0.29) is 18.0 Å². The second-order valence-electron chi connectivity index (χ2n) is 7.33. The van der Waals surface area contributed by atoms with Crippen LogP contribution in [0.15, 0.2) is 35.5 Å². The van der Waals surface area contributed by atoms with Gasteiger partial charge in [-0.25, -0.2) is 4.99 Å². The van der Waals surface area contributed by atoms with Gasteiger partial charge in [-0.2, -0.15) is 13.9 Å². The largest absolute Gasteiger partial charge is 0.490 e. The number of para-hydroxylation sites is 1. The molecule has 0 radical (unpaired) electrons. The van der Waals surface area contributed by atoms with Crippen LogP contribution < -0.4 is 20.1 Å². The Labute approximate surface area is 181 Å². The first-order valence-corrected chi connectivity index (χ1v) is 10.9. The van der Waals surface area contributed by atoms with Crippen molar-refractivity contribution >= 4 is 5.96 Å². The van der Waals surface area contributed by atoms with Gasteiger partial charge in [-0.15, -0.1) is 0 Å². The van der Waals surface area contributed by atoms with E-state index in [9.17, 15) is 8.78 Å². The van der Waals surface area contributed by atoms with Crippen LogP contribution >= 0.6 is 0 Å². The third-order valence-electron chi connectivity index (χ3n) is 5.12. The molecule has 31 heavy (non-hydrogen) atoms. The number of alkyl halides is 2. The summed E-state index contributed by atoms with van der Waals surface area (Å²) in [6.07, 6.45) is 6.92. The van der Waals surface area contributed by atoms with Crippen molar-refractivity contribution in [3.63, 3.8) is 0 Å². The molecule has 0 amide bonds. The summed E-state index contributed by atoms with van der Waals surface area (Å²) in [7, 11) is 0. The van der Waals surface area contributed by atoms with Crippen LogP contribution in [0.5, 0.6) is 11.5 Å². The van der Waals surface area contributed by atoms with Crippen molar-refractivity contribution < 1.29 is 18.3 Å². The highest BCUT2D eigenvalue weighted by Crippen LogP contribution is 2.33. The summed E-state index contributed by atoms with van der Waals surface area (Å²) in [4.78, 5) is 4.53. The lowest BCUT2D eigenvalue weighted by molar-refractivity contribution is -0.0520. The number of aliphatic imine (C=N–C) groups is 1. The number of hydrogen-bond acceptors (Lipinski definition) is 4. The molecule has 1 saturated carbocycles. The second kappa shape index (κ2) is 11.5. The van der Waals surface area contributed by atoms with Crippen molar-refractivity contribution in [2.75, 3.05) is 13.2 Å². The third kappa shape index (κ3) is 6.57. The Balaban J connectivity index is 1.67. The van der Waals surface area contributed by atoms with Gasteiger partial charge in [-0.3, -0.25) is 4.68 Å². The number of ether oxygens (including phenoxy) is 2. The molecule has 1 aliphatic rings. The summed E-state index contributed by atoms with van der Waals surface area (Å²) < 4.78 is 38.0. The maximum Gasteiger partial charge on any atom is 0.387 e. The van der Waals surface area contributed by atoms with Crippen LogP contribution in [-0.4, -0.2) is 35.5 Å².